The predicted octanol–water partition coefficient (Wildman–Crippen LogP) is 2.22. The zero-order valence-electron chi connectivity index (χ0n) is 14.4. The number of hydrogen-bond donors (Lipinski definition) is 0. The number of aryl methyl sites for hydroxylation is 1. The third kappa shape index (κ3) is 2.35. The summed E-state index contributed by atoms with van der Waals surface area (Å²) in [7, 11) is 3.88. The molecule has 5 nitrogen and oxygen atoms in total. The first kappa shape index (κ1) is 15.4. The van der Waals surface area contributed by atoms with Gasteiger partial charge in [-0.3, -0.25) is 14.4 Å². The molecule has 4 rings (SSSR count). The Morgan fingerprint density at radius 2 is 1.88 bits per heavy atom. The maximum Gasteiger partial charge on any atom is 0.231 e. The Bertz CT molecular complexity index is 731. The number of piperidine rings is 1. The highest BCUT2D eigenvalue weighted by Crippen LogP contribution is 2.55. The van der Waals surface area contributed by atoms with Gasteiger partial charge in [0.15, 0.2) is 0 Å². The van der Waals surface area contributed by atoms with E-state index in [1.54, 1.807) is 0 Å². The lowest BCUT2D eigenvalue weighted by atomic mass is 9.62. The van der Waals surface area contributed by atoms with E-state index in [1.807, 2.05) is 35.9 Å². The van der Waals surface area contributed by atoms with Crippen molar-refractivity contribution >= 4 is 5.91 Å². The van der Waals surface area contributed by atoms with E-state index in [0.29, 0.717) is 5.91 Å². The van der Waals surface area contributed by atoms with Gasteiger partial charge in [0, 0.05) is 32.4 Å². The smallest absolute Gasteiger partial charge is 0.231 e. The summed E-state index contributed by atoms with van der Waals surface area (Å²) < 4.78 is 1.84. The lowest BCUT2D eigenvalue weighted by Crippen LogP contribution is -2.64. The highest BCUT2D eigenvalue weighted by Gasteiger charge is 2.59. The highest BCUT2D eigenvalue weighted by molar-refractivity contribution is 5.90. The van der Waals surface area contributed by atoms with Crippen molar-refractivity contribution in [3.8, 4) is 0 Å². The first-order valence-electron chi connectivity index (χ1n) is 8.62. The molecule has 0 unspecified atom stereocenters. The van der Waals surface area contributed by atoms with Gasteiger partial charge in [0.2, 0.25) is 5.91 Å². The van der Waals surface area contributed by atoms with Gasteiger partial charge >= 0.3 is 0 Å². The van der Waals surface area contributed by atoms with E-state index < -0.39 is 0 Å². The number of nitrogens with zero attached hydrogens (tertiary/aromatic N) is 4. The molecule has 0 bridgehead atoms. The van der Waals surface area contributed by atoms with Gasteiger partial charge in [-0.25, -0.2) is 0 Å². The van der Waals surface area contributed by atoms with Crippen LogP contribution in [0.2, 0.25) is 0 Å². The fourth-order valence-corrected chi connectivity index (χ4v) is 4.48. The molecule has 2 aliphatic rings. The van der Waals surface area contributed by atoms with Gasteiger partial charge in [0.25, 0.3) is 0 Å². The van der Waals surface area contributed by atoms with E-state index >= 15 is 0 Å². The van der Waals surface area contributed by atoms with E-state index in [0.717, 1.165) is 32.5 Å². The van der Waals surface area contributed by atoms with Crippen LogP contribution >= 0.6 is 0 Å². The highest BCUT2D eigenvalue weighted by atomic mass is 16.2. The van der Waals surface area contributed by atoms with Gasteiger partial charge < -0.3 is 4.90 Å². The number of amides is 1. The lowest BCUT2D eigenvalue weighted by molar-refractivity contribution is -0.176. The second kappa shape index (κ2) is 5.74. The minimum Gasteiger partial charge on any atom is -0.337 e. The predicted molar refractivity (Wildman–Crippen MR) is 92.1 cm³/mol. The maximum atomic E-state index is 12.7. The normalized spacial score (nSPS) is 23.5. The van der Waals surface area contributed by atoms with E-state index in [1.165, 1.54) is 11.1 Å². The Labute approximate surface area is 142 Å². The van der Waals surface area contributed by atoms with Crippen LogP contribution < -0.4 is 0 Å². The first-order chi connectivity index (χ1) is 11.6. The average molecular weight is 324 g/mol. The Morgan fingerprint density at radius 3 is 2.50 bits per heavy atom. The monoisotopic (exact) mass is 324 g/mol. The number of benzene rings is 1. The fraction of sp³-hybridized carbons (Fsp3) is 0.474. The summed E-state index contributed by atoms with van der Waals surface area (Å²) in [5.74, 6) is 0.317. The molecule has 5 heteroatoms. The van der Waals surface area contributed by atoms with Crippen LogP contribution in [0.1, 0.15) is 30.0 Å². The van der Waals surface area contributed by atoms with Crippen LogP contribution in [0.15, 0.2) is 42.7 Å². The molecule has 1 aromatic heterocycles. The van der Waals surface area contributed by atoms with Crippen molar-refractivity contribution in [2.45, 2.75) is 25.4 Å². The molecule has 0 N–H and O–H groups in total. The average Bonchev–Trinajstić information content (AvgIpc) is 3.02. The summed E-state index contributed by atoms with van der Waals surface area (Å²) in [6.07, 6.45) is 5.88. The largest absolute Gasteiger partial charge is 0.337 e. The van der Waals surface area contributed by atoms with Crippen LogP contribution in [0.4, 0.5) is 0 Å². The summed E-state index contributed by atoms with van der Waals surface area (Å²) in [6.45, 7) is 2.86. The number of β-lactam (4-membered cyclic amide) rings is 1. The van der Waals surface area contributed by atoms with Gasteiger partial charge in [0.1, 0.15) is 0 Å². The topological polar surface area (TPSA) is 41.4 Å². The van der Waals surface area contributed by atoms with Crippen LogP contribution in [0, 0.1) is 5.41 Å². The summed E-state index contributed by atoms with van der Waals surface area (Å²) in [6, 6.07) is 10.7. The number of hydrogen-bond acceptors (Lipinski definition) is 3. The zero-order valence-corrected chi connectivity index (χ0v) is 14.4. The van der Waals surface area contributed by atoms with Crippen LogP contribution in [0.3, 0.4) is 0 Å². The van der Waals surface area contributed by atoms with Crippen molar-refractivity contribution in [2.75, 3.05) is 20.1 Å². The van der Waals surface area contributed by atoms with Crippen molar-refractivity contribution in [1.29, 1.82) is 0 Å². The first-order valence-corrected chi connectivity index (χ1v) is 8.62. The van der Waals surface area contributed by atoms with Crippen LogP contribution in [0.5, 0.6) is 0 Å². The van der Waals surface area contributed by atoms with Crippen molar-refractivity contribution in [2.24, 2.45) is 12.5 Å². The molecule has 0 radical (unpaired) electrons. The molecule has 0 aliphatic carbocycles. The van der Waals surface area contributed by atoms with E-state index in [2.05, 4.69) is 40.5 Å². The molecule has 126 valence electrons. The second-order valence-corrected chi connectivity index (χ2v) is 7.18. The molecule has 24 heavy (non-hydrogen) atoms. The second-order valence-electron chi connectivity index (χ2n) is 7.18. The van der Waals surface area contributed by atoms with Crippen LogP contribution in [-0.4, -0.2) is 45.6 Å². The van der Waals surface area contributed by atoms with Crippen molar-refractivity contribution in [1.82, 2.24) is 19.6 Å². The molecule has 1 spiro atoms. The molecule has 1 atom stereocenters. The zero-order chi connectivity index (χ0) is 16.7. The van der Waals surface area contributed by atoms with Crippen LogP contribution in [-0.2, 0) is 18.4 Å². The molecule has 0 saturated carbocycles. The number of aromatic nitrogens is 2. The lowest BCUT2D eigenvalue weighted by Gasteiger charge is -2.58. The number of carbonyl (C=O) groups is 1. The third-order valence-electron chi connectivity index (χ3n) is 5.69. The Balaban J connectivity index is 1.47. The van der Waals surface area contributed by atoms with Crippen LogP contribution in [0.25, 0.3) is 0 Å². The molecule has 3 heterocycles. The Morgan fingerprint density at radius 1 is 1.17 bits per heavy atom. The molecule has 1 aromatic carbocycles. The molecule has 2 aliphatic heterocycles. The summed E-state index contributed by atoms with van der Waals surface area (Å²) in [4.78, 5) is 17.0. The van der Waals surface area contributed by atoms with Gasteiger partial charge in [-0.15, -0.1) is 0 Å². The third-order valence-corrected chi connectivity index (χ3v) is 5.69. The quantitative estimate of drug-likeness (QED) is 0.813. The van der Waals surface area contributed by atoms with E-state index in [9.17, 15) is 4.79 Å². The summed E-state index contributed by atoms with van der Waals surface area (Å²) in [5, 5.41) is 4.24. The molecule has 2 fully saturated rings. The summed E-state index contributed by atoms with van der Waals surface area (Å²) >= 11 is 0. The fourth-order valence-electron chi connectivity index (χ4n) is 4.48. The number of rotatable bonds is 3. The van der Waals surface area contributed by atoms with Crippen molar-refractivity contribution in [3.63, 3.8) is 0 Å². The molecular formula is C19H24N4O. The minimum absolute atomic E-state index is 0.193. The van der Waals surface area contributed by atoms with E-state index in [-0.39, 0.29) is 11.5 Å². The number of likely N-dealkylation sites (tertiary alicyclic amines) is 2. The van der Waals surface area contributed by atoms with Gasteiger partial charge in [0.05, 0.1) is 17.7 Å². The molecule has 2 saturated heterocycles. The molecular weight excluding hydrogens is 300 g/mol. The number of carbonyl (C=O) groups excluding carboxylic acids is 1. The van der Waals surface area contributed by atoms with Gasteiger partial charge in [-0.1, -0.05) is 30.3 Å². The summed E-state index contributed by atoms with van der Waals surface area (Å²) in [5.41, 5.74) is 2.31. The van der Waals surface area contributed by atoms with E-state index in [4.69, 9.17) is 0 Å². The SMILES string of the molecule is CN1C(=O)C2(CCN(Cc3cnn(C)c3)CC2)[C@H]1c1ccccc1. The molecule has 2 aromatic rings. The Kier molecular flexibility index (Phi) is 3.68. The van der Waals surface area contributed by atoms with Gasteiger partial charge in [-0.05, 0) is 31.5 Å². The minimum atomic E-state index is -0.193. The maximum absolute atomic E-state index is 12.7. The van der Waals surface area contributed by atoms with Gasteiger partial charge in [-0.2, -0.15) is 5.10 Å². The van der Waals surface area contributed by atoms with Crippen molar-refractivity contribution < 1.29 is 4.79 Å². The Hall–Kier alpha value is -2.14. The van der Waals surface area contributed by atoms with Crippen molar-refractivity contribution in [3.05, 3.63) is 53.9 Å². The standard InChI is InChI=1S/C19H24N4O/c1-21-13-15(12-20-21)14-23-10-8-19(9-11-23)17(22(2)18(19)24)16-6-4-3-5-7-16/h3-7,12-13,17H,8-11,14H2,1-2H3/t17-/m1/s1. The molecule has 1 amide bonds.